The Balaban J connectivity index is 1.17. The van der Waals surface area contributed by atoms with E-state index in [4.69, 9.17) is 21.4 Å². The van der Waals surface area contributed by atoms with Crippen molar-refractivity contribution in [1.82, 2.24) is 39.1 Å². The summed E-state index contributed by atoms with van der Waals surface area (Å²) < 4.78 is 24.7. The number of carboxylic acids is 1. The lowest BCUT2D eigenvalue weighted by atomic mass is 10.2. The third kappa shape index (κ3) is 4.63. The molecule has 0 unspecified atom stereocenters. The zero-order valence-electron chi connectivity index (χ0n) is 19.7. The number of imidazole rings is 2. The number of pyridine rings is 2. The highest BCUT2D eigenvalue weighted by atomic mass is 35.5. The van der Waals surface area contributed by atoms with Crippen molar-refractivity contribution in [2.45, 2.75) is 31.8 Å². The van der Waals surface area contributed by atoms with E-state index in [1.807, 2.05) is 16.7 Å². The van der Waals surface area contributed by atoms with E-state index in [1.165, 1.54) is 27.7 Å². The Kier molecular flexibility index (Phi) is 5.91. The van der Waals surface area contributed by atoms with Crippen LogP contribution in [0.4, 0.5) is 4.39 Å². The molecule has 1 aliphatic rings. The van der Waals surface area contributed by atoms with Crippen molar-refractivity contribution in [3.8, 4) is 5.75 Å². The molecule has 2 N–H and O–H groups in total. The van der Waals surface area contributed by atoms with Gasteiger partial charge in [0.2, 0.25) is 0 Å². The molecule has 1 amide bonds. The minimum atomic E-state index is -1.07. The highest BCUT2D eigenvalue weighted by Gasteiger charge is 2.26. The van der Waals surface area contributed by atoms with E-state index in [0.29, 0.717) is 28.7 Å². The van der Waals surface area contributed by atoms with Crippen LogP contribution in [0.3, 0.4) is 0 Å². The summed E-state index contributed by atoms with van der Waals surface area (Å²) in [6.45, 7) is -0.287. The van der Waals surface area contributed by atoms with E-state index < -0.39 is 24.3 Å². The minimum absolute atomic E-state index is 0.0334. The predicted molar refractivity (Wildman–Crippen MR) is 131 cm³/mol. The Morgan fingerprint density at radius 3 is 2.87 bits per heavy atom. The maximum absolute atomic E-state index is 14.4. The van der Waals surface area contributed by atoms with Gasteiger partial charge in [-0.3, -0.25) is 4.79 Å². The van der Waals surface area contributed by atoms with Crippen molar-refractivity contribution < 1.29 is 23.8 Å². The summed E-state index contributed by atoms with van der Waals surface area (Å²) in [7, 11) is 0. The fraction of sp³-hybridized carbons (Fsp3) is 0.250. The molecule has 14 heteroatoms. The van der Waals surface area contributed by atoms with Gasteiger partial charge in [-0.25, -0.2) is 23.8 Å². The number of nitrogens with zero attached hydrogens (tertiary/aromatic N) is 7. The molecule has 5 aromatic rings. The minimum Gasteiger partial charge on any atom is -0.479 e. The van der Waals surface area contributed by atoms with Gasteiger partial charge in [0, 0.05) is 18.6 Å². The molecule has 5 heterocycles. The molecule has 1 saturated carbocycles. The zero-order valence-corrected chi connectivity index (χ0v) is 20.5. The van der Waals surface area contributed by atoms with E-state index in [9.17, 15) is 14.0 Å². The Morgan fingerprint density at radius 2 is 2.08 bits per heavy atom. The summed E-state index contributed by atoms with van der Waals surface area (Å²) in [5.41, 5.74) is 2.74. The number of aliphatic carboxylic acids is 1. The fourth-order valence-electron chi connectivity index (χ4n) is 4.22. The van der Waals surface area contributed by atoms with Crippen LogP contribution < -0.4 is 10.1 Å². The average molecular weight is 539 g/mol. The van der Waals surface area contributed by atoms with Gasteiger partial charge in [-0.2, -0.15) is 0 Å². The predicted octanol–water partition coefficient (Wildman–Crippen LogP) is 2.69. The molecule has 0 saturated heterocycles. The van der Waals surface area contributed by atoms with Crippen LogP contribution in [0, 0.1) is 5.82 Å². The Hall–Kier alpha value is -4.52. The van der Waals surface area contributed by atoms with Gasteiger partial charge in [0.05, 0.1) is 42.0 Å². The molecular formula is C24H20ClFN8O4. The van der Waals surface area contributed by atoms with Gasteiger partial charge < -0.3 is 24.0 Å². The Labute approximate surface area is 218 Å². The number of ether oxygens (including phenoxy) is 1. The number of aromatic nitrogens is 7. The maximum atomic E-state index is 14.4. The quantitative estimate of drug-likeness (QED) is 0.292. The number of carboxylic acid groups (broad SMARTS) is 1. The van der Waals surface area contributed by atoms with Crippen molar-refractivity contribution in [3.63, 3.8) is 0 Å². The number of halogens is 2. The first-order valence-corrected chi connectivity index (χ1v) is 12.1. The van der Waals surface area contributed by atoms with Crippen molar-refractivity contribution in [2.75, 3.05) is 6.61 Å². The van der Waals surface area contributed by atoms with Crippen LogP contribution in [0.2, 0.25) is 5.02 Å². The number of hydrogen-bond acceptors (Lipinski definition) is 7. The highest BCUT2D eigenvalue weighted by molar-refractivity contribution is 6.31. The van der Waals surface area contributed by atoms with E-state index >= 15 is 0 Å². The molecule has 0 aromatic carbocycles. The topological polar surface area (TPSA) is 141 Å². The van der Waals surface area contributed by atoms with Gasteiger partial charge >= 0.3 is 5.97 Å². The second-order valence-electron chi connectivity index (χ2n) is 8.97. The molecule has 0 radical (unpaired) electrons. The van der Waals surface area contributed by atoms with Crippen molar-refractivity contribution in [1.29, 1.82) is 0 Å². The Bertz CT molecular complexity index is 1710. The van der Waals surface area contributed by atoms with Gasteiger partial charge in [-0.1, -0.05) is 16.8 Å². The lowest BCUT2D eigenvalue weighted by molar-refractivity contribution is -0.139. The van der Waals surface area contributed by atoms with E-state index in [0.717, 1.165) is 18.4 Å². The van der Waals surface area contributed by atoms with Gasteiger partial charge in [-0.15, -0.1) is 5.10 Å². The summed E-state index contributed by atoms with van der Waals surface area (Å²) in [6, 6.07) is 3.26. The lowest BCUT2D eigenvalue weighted by Gasteiger charge is -2.08. The maximum Gasteiger partial charge on any atom is 0.341 e. The molecule has 0 atom stereocenters. The number of nitrogens with one attached hydrogen (secondary N) is 1. The molecule has 12 nitrogen and oxygen atoms in total. The van der Waals surface area contributed by atoms with Crippen LogP contribution in [0.1, 0.15) is 46.2 Å². The number of amides is 1. The second-order valence-corrected chi connectivity index (χ2v) is 9.37. The van der Waals surface area contributed by atoms with Gasteiger partial charge in [0.1, 0.15) is 5.52 Å². The molecule has 194 valence electrons. The van der Waals surface area contributed by atoms with E-state index in [-0.39, 0.29) is 29.3 Å². The van der Waals surface area contributed by atoms with Crippen LogP contribution in [-0.4, -0.2) is 57.4 Å². The zero-order chi connectivity index (χ0) is 26.4. The summed E-state index contributed by atoms with van der Waals surface area (Å²) in [5, 5.41) is 19.6. The first-order chi connectivity index (χ1) is 18.4. The third-order valence-electron chi connectivity index (χ3n) is 6.17. The van der Waals surface area contributed by atoms with E-state index in [1.54, 1.807) is 12.4 Å². The van der Waals surface area contributed by atoms with Crippen LogP contribution in [0.5, 0.6) is 5.75 Å². The number of carbonyl (C=O) groups is 2. The normalized spacial score (nSPS) is 13.3. The molecule has 38 heavy (non-hydrogen) atoms. The summed E-state index contributed by atoms with van der Waals surface area (Å²) in [6.07, 6.45) is 10.4. The molecule has 0 bridgehead atoms. The van der Waals surface area contributed by atoms with Crippen molar-refractivity contribution in [3.05, 3.63) is 76.7 Å². The Morgan fingerprint density at radius 1 is 1.24 bits per heavy atom. The smallest absolute Gasteiger partial charge is 0.341 e. The van der Waals surface area contributed by atoms with Crippen LogP contribution in [-0.2, 0) is 17.9 Å². The molecule has 0 aliphatic heterocycles. The number of rotatable bonds is 9. The van der Waals surface area contributed by atoms with Crippen LogP contribution in [0.25, 0.3) is 11.2 Å². The first kappa shape index (κ1) is 23.9. The molecule has 1 fully saturated rings. The summed E-state index contributed by atoms with van der Waals surface area (Å²) >= 11 is 5.87. The number of fused-ring (bicyclic) bond motifs is 2. The van der Waals surface area contributed by atoms with Crippen molar-refractivity contribution in [2.24, 2.45) is 0 Å². The number of carbonyl (C=O) groups excluding carboxylic acids is 1. The van der Waals surface area contributed by atoms with Crippen molar-refractivity contribution >= 4 is 34.6 Å². The van der Waals surface area contributed by atoms with E-state index in [2.05, 4.69) is 25.6 Å². The molecule has 6 rings (SSSR count). The molecule has 0 spiro atoms. The SMILES string of the molecule is O=C(O)COc1cc(C2CC2)cn2cc(Cn3cc(C(=O)NCc4ncn5ccc(Cl)c(F)c45)nn3)nc12. The van der Waals surface area contributed by atoms with Crippen LogP contribution >= 0.6 is 11.6 Å². The van der Waals surface area contributed by atoms with Crippen LogP contribution in [0.15, 0.2) is 43.2 Å². The average Bonchev–Trinajstić information content (AvgIpc) is 3.29. The van der Waals surface area contributed by atoms with Gasteiger partial charge in [0.25, 0.3) is 5.91 Å². The molecular weight excluding hydrogens is 519 g/mol. The third-order valence-corrected chi connectivity index (χ3v) is 6.46. The lowest BCUT2D eigenvalue weighted by Crippen LogP contribution is -2.23. The molecule has 5 aromatic heterocycles. The monoisotopic (exact) mass is 538 g/mol. The first-order valence-electron chi connectivity index (χ1n) is 11.7. The largest absolute Gasteiger partial charge is 0.479 e. The summed E-state index contributed by atoms with van der Waals surface area (Å²) in [4.78, 5) is 32.4. The molecule has 1 aliphatic carbocycles. The summed E-state index contributed by atoms with van der Waals surface area (Å²) in [5.74, 6) is -1.37. The van der Waals surface area contributed by atoms with Gasteiger partial charge in [-0.05, 0) is 36.5 Å². The fourth-order valence-corrected chi connectivity index (χ4v) is 4.36. The second kappa shape index (κ2) is 9.41. The standard InChI is InChI=1S/C24H20ClFN8O4/c25-16-3-4-32-12-28-17(22(32)21(16)26)6-27-24(37)18-10-34(31-30-18)9-15-8-33-7-14(13-1-2-13)5-19(23(33)29-15)38-11-20(35)36/h3-5,7-8,10,12-13H,1-2,6,9,11H2,(H,27,37)(H,35,36). The number of hydrogen-bond donors (Lipinski definition) is 2. The van der Waals surface area contributed by atoms with Gasteiger partial charge in [0.15, 0.2) is 29.5 Å². The highest BCUT2D eigenvalue weighted by Crippen LogP contribution is 2.41.